The van der Waals surface area contributed by atoms with E-state index in [-0.39, 0.29) is 17.8 Å². The maximum Gasteiger partial charge on any atom is 0.534 e. The van der Waals surface area contributed by atoms with E-state index in [4.69, 9.17) is 9.57 Å². The van der Waals surface area contributed by atoms with Crippen LogP contribution in [0.1, 0.15) is 95.6 Å². The summed E-state index contributed by atoms with van der Waals surface area (Å²) in [4.78, 5) is 35.7. The molecule has 2 aromatic carbocycles. The topological polar surface area (TPSA) is 62.3 Å². The molecule has 0 radical (unpaired) electrons. The molecular weight excluding hydrogens is 601 g/mol. The minimum absolute atomic E-state index is 0.187. The highest BCUT2D eigenvalue weighted by molar-refractivity contribution is 7.17. The summed E-state index contributed by atoms with van der Waals surface area (Å²) in [5.74, 6) is -0.422. The molecule has 0 spiro atoms. The van der Waals surface area contributed by atoms with Gasteiger partial charge in [-0.1, -0.05) is 70.4 Å². The average Bonchev–Trinajstić information content (AvgIpc) is 3.53. The van der Waals surface area contributed by atoms with Gasteiger partial charge >= 0.3 is 6.16 Å². The summed E-state index contributed by atoms with van der Waals surface area (Å²) >= 11 is 1.57. The highest BCUT2D eigenvalue weighted by atomic mass is 32.1. The van der Waals surface area contributed by atoms with Gasteiger partial charge < -0.3 is 9.64 Å². The number of nitrogens with zero attached hydrogens (tertiary/aromatic N) is 3. The van der Waals surface area contributed by atoms with E-state index in [1.807, 2.05) is 24.4 Å². The fourth-order valence-corrected chi connectivity index (χ4v) is 7.42. The number of hydroxylamine groups is 1. The second kappa shape index (κ2) is 17.1. The van der Waals surface area contributed by atoms with Gasteiger partial charge in [-0.05, 0) is 73.4 Å². The molecule has 0 saturated carbocycles. The average molecular weight is 652 g/mol. The van der Waals surface area contributed by atoms with Crippen LogP contribution in [0.15, 0.2) is 41.8 Å². The van der Waals surface area contributed by atoms with E-state index < -0.39 is 6.16 Å². The molecule has 2 aliphatic rings. The Balaban J connectivity index is 1.06. The second-order valence-electron chi connectivity index (χ2n) is 12.9. The third-order valence-electron chi connectivity index (χ3n) is 9.33. The summed E-state index contributed by atoms with van der Waals surface area (Å²) in [6.45, 7) is 8.47. The molecule has 46 heavy (non-hydrogen) atoms. The normalized spacial score (nSPS) is 16.1. The number of halogens is 1. The summed E-state index contributed by atoms with van der Waals surface area (Å²) in [7, 11) is 0. The Bertz CT molecular complexity index is 1440. The third-order valence-corrected chi connectivity index (χ3v) is 10.2. The van der Waals surface area contributed by atoms with Crippen molar-refractivity contribution in [1.82, 2.24) is 4.90 Å². The van der Waals surface area contributed by atoms with Gasteiger partial charge in [-0.3, -0.25) is 14.5 Å². The Kier molecular flexibility index (Phi) is 12.7. The molecule has 0 aliphatic carbocycles. The van der Waals surface area contributed by atoms with Crippen molar-refractivity contribution in [2.24, 2.45) is 0 Å². The molecule has 1 saturated heterocycles. The van der Waals surface area contributed by atoms with E-state index in [2.05, 4.69) is 28.9 Å². The number of thiophene rings is 1. The number of amides is 1. The number of hydrogen-bond acceptors (Lipinski definition) is 7. The van der Waals surface area contributed by atoms with Crippen molar-refractivity contribution in [3.8, 4) is 0 Å². The zero-order valence-electron chi connectivity index (χ0n) is 27.6. The number of unbranched alkanes of at least 4 members (excludes halogenated alkanes) is 8. The molecule has 0 bridgehead atoms. The van der Waals surface area contributed by atoms with Gasteiger partial charge in [0.15, 0.2) is 0 Å². The Labute approximate surface area is 277 Å². The molecule has 1 amide bonds. The standard InChI is InChI=1S/C37H50FN3O4S/c1-3-4-5-6-7-8-9-10-11-12-28(2)44-37(43)45-41-33-25-29(13-14-30(33)15-16-36(41)42)17-19-39-20-22-40(23-21-39)34-26-31(38)27-35-32(34)18-24-46-35/h13-14,18,24-28H,3-12,15-17,19-23H2,1-2H3. The molecule has 0 N–H and O–H groups in total. The number of carbonyl (C=O) groups is 2. The van der Waals surface area contributed by atoms with Crippen LogP contribution >= 0.6 is 11.3 Å². The largest absolute Gasteiger partial charge is 0.534 e. The van der Waals surface area contributed by atoms with E-state index in [1.165, 1.54) is 44.9 Å². The van der Waals surface area contributed by atoms with Gasteiger partial charge in [-0.25, -0.2) is 9.18 Å². The van der Waals surface area contributed by atoms with Crippen LogP contribution in [0.2, 0.25) is 0 Å². The van der Waals surface area contributed by atoms with E-state index in [9.17, 15) is 14.0 Å². The van der Waals surface area contributed by atoms with Gasteiger partial charge in [-0.2, -0.15) is 0 Å². The van der Waals surface area contributed by atoms with E-state index in [0.29, 0.717) is 18.5 Å². The van der Waals surface area contributed by atoms with Gasteiger partial charge in [0.2, 0.25) is 0 Å². The van der Waals surface area contributed by atoms with E-state index in [1.54, 1.807) is 23.5 Å². The van der Waals surface area contributed by atoms with Crippen LogP contribution in [0, 0.1) is 5.82 Å². The summed E-state index contributed by atoms with van der Waals surface area (Å²) in [6, 6.07) is 11.5. The summed E-state index contributed by atoms with van der Waals surface area (Å²) < 4.78 is 20.7. The van der Waals surface area contributed by atoms with Crippen LogP contribution in [0.3, 0.4) is 0 Å². The molecule has 9 heteroatoms. The lowest BCUT2D eigenvalue weighted by molar-refractivity contribution is -0.125. The molecule has 3 heterocycles. The van der Waals surface area contributed by atoms with Crippen LogP contribution in [-0.4, -0.2) is 55.8 Å². The predicted molar refractivity (Wildman–Crippen MR) is 185 cm³/mol. The molecule has 1 atom stereocenters. The van der Waals surface area contributed by atoms with Crippen molar-refractivity contribution in [1.29, 1.82) is 0 Å². The van der Waals surface area contributed by atoms with Crippen LogP contribution in [-0.2, 0) is 27.2 Å². The second-order valence-corrected chi connectivity index (χ2v) is 13.8. The Hall–Kier alpha value is -3.17. The minimum Gasteiger partial charge on any atom is -0.430 e. The van der Waals surface area contributed by atoms with Crippen LogP contribution in [0.25, 0.3) is 10.1 Å². The maximum atomic E-state index is 14.2. The quantitative estimate of drug-likeness (QED) is 0.114. The van der Waals surface area contributed by atoms with Crippen molar-refractivity contribution in [2.75, 3.05) is 42.7 Å². The molecule has 1 fully saturated rings. The number of fused-ring (bicyclic) bond motifs is 2. The molecule has 250 valence electrons. The smallest absolute Gasteiger partial charge is 0.430 e. The molecule has 1 unspecified atom stereocenters. The number of rotatable bonds is 16. The van der Waals surface area contributed by atoms with Crippen molar-refractivity contribution >= 4 is 44.9 Å². The first-order valence-electron chi connectivity index (χ1n) is 17.4. The monoisotopic (exact) mass is 651 g/mol. The molecule has 2 aliphatic heterocycles. The highest BCUT2D eigenvalue weighted by Gasteiger charge is 2.29. The van der Waals surface area contributed by atoms with E-state index in [0.717, 1.165) is 90.4 Å². The van der Waals surface area contributed by atoms with Crippen molar-refractivity contribution in [2.45, 2.75) is 103 Å². The molecular formula is C37H50FN3O4S. The highest BCUT2D eigenvalue weighted by Crippen LogP contribution is 2.33. The minimum atomic E-state index is -0.828. The first-order valence-corrected chi connectivity index (χ1v) is 18.3. The van der Waals surface area contributed by atoms with Gasteiger partial charge in [0.05, 0.1) is 5.69 Å². The number of benzene rings is 2. The molecule has 5 rings (SSSR count). The number of piperazine rings is 1. The fourth-order valence-electron chi connectivity index (χ4n) is 6.59. The van der Waals surface area contributed by atoms with Crippen molar-refractivity contribution in [3.63, 3.8) is 0 Å². The molecule has 7 nitrogen and oxygen atoms in total. The lowest BCUT2D eigenvalue weighted by atomic mass is 9.99. The van der Waals surface area contributed by atoms with Crippen LogP contribution in [0.5, 0.6) is 0 Å². The SMILES string of the molecule is CCCCCCCCCCCC(C)OC(=O)ON1C(=O)CCc2ccc(CCN3CCN(c4cc(F)cc5sccc45)CC3)cc21. The van der Waals surface area contributed by atoms with Gasteiger partial charge in [0.1, 0.15) is 11.9 Å². The first kappa shape index (κ1) is 34.2. The summed E-state index contributed by atoms with van der Waals surface area (Å²) in [5.41, 5.74) is 3.68. The number of aryl methyl sites for hydroxylation is 1. The van der Waals surface area contributed by atoms with E-state index >= 15 is 0 Å². The lowest BCUT2D eigenvalue weighted by Crippen LogP contribution is -2.47. The first-order chi connectivity index (χ1) is 22.4. The van der Waals surface area contributed by atoms with Crippen molar-refractivity contribution < 1.29 is 23.6 Å². The number of anilines is 2. The van der Waals surface area contributed by atoms with Crippen LogP contribution in [0.4, 0.5) is 20.6 Å². The molecule has 1 aromatic heterocycles. The Morgan fingerprint density at radius 1 is 0.913 bits per heavy atom. The van der Waals surface area contributed by atoms with Gasteiger partial charge in [0.25, 0.3) is 5.91 Å². The van der Waals surface area contributed by atoms with Gasteiger partial charge in [-0.15, -0.1) is 16.4 Å². The maximum absolute atomic E-state index is 14.2. The Morgan fingerprint density at radius 3 is 2.41 bits per heavy atom. The van der Waals surface area contributed by atoms with Crippen molar-refractivity contribution in [3.05, 3.63) is 58.7 Å². The molecule has 3 aromatic rings. The lowest BCUT2D eigenvalue weighted by Gasteiger charge is -2.36. The summed E-state index contributed by atoms with van der Waals surface area (Å²) in [6.07, 6.45) is 12.6. The number of hydrogen-bond donors (Lipinski definition) is 0. The fraction of sp³-hybridized carbons (Fsp3) is 0.568. The van der Waals surface area contributed by atoms with Gasteiger partial charge in [0, 0.05) is 54.9 Å². The number of carbonyl (C=O) groups excluding carboxylic acids is 2. The van der Waals surface area contributed by atoms with Crippen LogP contribution < -0.4 is 9.96 Å². The number of ether oxygens (including phenoxy) is 1. The summed E-state index contributed by atoms with van der Waals surface area (Å²) in [5, 5.41) is 4.27. The third kappa shape index (κ3) is 9.44. The Morgan fingerprint density at radius 2 is 1.65 bits per heavy atom. The zero-order valence-corrected chi connectivity index (χ0v) is 28.4. The zero-order chi connectivity index (χ0) is 32.3. The predicted octanol–water partition coefficient (Wildman–Crippen LogP) is 9.06.